The summed E-state index contributed by atoms with van der Waals surface area (Å²) in [5.74, 6) is 0. The molecule has 2 N–H and O–H groups in total. The average Bonchev–Trinajstić information content (AvgIpc) is 2.94. The van der Waals surface area contributed by atoms with Crippen LogP contribution in [0.3, 0.4) is 0 Å². The maximum atomic E-state index is 6.26. The minimum Gasteiger partial charge on any atom is -0.457 e. The second-order valence-corrected chi connectivity index (χ2v) is 5.34. The van der Waals surface area contributed by atoms with Gasteiger partial charge in [0.2, 0.25) is 0 Å². The van der Waals surface area contributed by atoms with E-state index in [0.717, 1.165) is 11.1 Å². The topological polar surface area (TPSA) is 39.2 Å². The van der Waals surface area contributed by atoms with E-state index < -0.39 is 0 Å². The van der Waals surface area contributed by atoms with Crippen molar-refractivity contribution in [2.45, 2.75) is 6.04 Å². The first kappa shape index (κ1) is 13.2. The van der Waals surface area contributed by atoms with Crippen LogP contribution in [-0.4, -0.2) is 0 Å². The zero-order valence-corrected chi connectivity index (χ0v) is 12.4. The normalized spacial score (nSPS) is 12.3. The van der Waals surface area contributed by atoms with Gasteiger partial charge in [-0.25, -0.2) is 0 Å². The second kappa shape index (κ2) is 5.65. The molecular formula is C17H14BrNO. The predicted octanol–water partition coefficient (Wildman–Crippen LogP) is 4.76. The molecule has 0 aliphatic carbocycles. The fraction of sp³-hybridized carbons (Fsp3) is 0.0588. The molecule has 3 heteroatoms. The van der Waals surface area contributed by atoms with E-state index in [4.69, 9.17) is 10.2 Å². The number of furan rings is 1. The van der Waals surface area contributed by atoms with Crippen LogP contribution in [0.2, 0.25) is 0 Å². The molecule has 2 nitrogen and oxygen atoms in total. The van der Waals surface area contributed by atoms with E-state index in [1.165, 1.54) is 11.1 Å². The Morgan fingerprint density at radius 2 is 1.50 bits per heavy atom. The summed E-state index contributed by atoms with van der Waals surface area (Å²) in [6.07, 6.45) is 1.64. The van der Waals surface area contributed by atoms with Crippen molar-refractivity contribution in [3.63, 3.8) is 0 Å². The van der Waals surface area contributed by atoms with Gasteiger partial charge >= 0.3 is 0 Å². The van der Waals surface area contributed by atoms with Crippen molar-refractivity contribution in [2.75, 3.05) is 0 Å². The molecule has 20 heavy (non-hydrogen) atoms. The molecule has 100 valence electrons. The van der Waals surface area contributed by atoms with Gasteiger partial charge in [-0.2, -0.15) is 0 Å². The molecule has 3 rings (SSSR count). The van der Waals surface area contributed by atoms with E-state index in [0.29, 0.717) is 4.67 Å². The largest absolute Gasteiger partial charge is 0.457 e. The average molecular weight is 328 g/mol. The lowest BCUT2D eigenvalue weighted by molar-refractivity contribution is 0.534. The van der Waals surface area contributed by atoms with Crippen LogP contribution < -0.4 is 5.73 Å². The third-order valence-corrected chi connectivity index (χ3v) is 4.00. The van der Waals surface area contributed by atoms with Crippen molar-refractivity contribution in [2.24, 2.45) is 5.73 Å². The summed E-state index contributed by atoms with van der Waals surface area (Å²) in [5, 5.41) is 0. The summed E-state index contributed by atoms with van der Waals surface area (Å²) in [6.45, 7) is 0. The van der Waals surface area contributed by atoms with Crippen LogP contribution in [-0.2, 0) is 0 Å². The number of benzene rings is 2. The third-order valence-electron chi connectivity index (χ3n) is 3.36. The lowest BCUT2D eigenvalue weighted by Gasteiger charge is -2.11. The van der Waals surface area contributed by atoms with Gasteiger partial charge in [-0.05, 0) is 38.7 Å². The Bertz CT molecular complexity index is 689. The summed E-state index contributed by atoms with van der Waals surface area (Å²) in [4.78, 5) is 0. The molecule has 0 saturated carbocycles. The Morgan fingerprint density at radius 1 is 0.850 bits per heavy atom. The van der Waals surface area contributed by atoms with Gasteiger partial charge in [0.05, 0.1) is 12.3 Å². The first-order valence-corrected chi connectivity index (χ1v) is 7.19. The third kappa shape index (κ3) is 2.55. The Morgan fingerprint density at radius 3 is 2.10 bits per heavy atom. The number of halogens is 1. The smallest absolute Gasteiger partial charge is 0.174 e. The Labute approximate surface area is 126 Å². The molecule has 2 aromatic carbocycles. The van der Waals surface area contributed by atoms with Crippen molar-refractivity contribution in [3.8, 4) is 11.1 Å². The molecule has 1 heterocycles. The predicted molar refractivity (Wildman–Crippen MR) is 84.3 cm³/mol. The van der Waals surface area contributed by atoms with Gasteiger partial charge in [0.15, 0.2) is 4.67 Å². The first-order chi connectivity index (χ1) is 9.75. The summed E-state index contributed by atoms with van der Waals surface area (Å²) in [5.41, 5.74) is 10.7. The standard InChI is InChI=1S/C17H14BrNO/c18-17-15(10-11-20-17)16(19)14-8-6-13(7-9-14)12-4-2-1-3-5-12/h1-11,16H,19H2. The highest BCUT2D eigenvalue weighted by atomic mass is 79.9. The highest BCUT2D eigenvalue weighted by molar-refractivity contribution is 9.10. The molecule has 0 bridgehead atoms. The van der Waals surface area contributed by atoms with E-state index in [-0.39, 0.29) is 6.04 Å². The van der Waals surface area contributed by atoms with Crippen LogP contribution in [0.4, 0.5) is 0 Å². The summed E-state index contributed by atoms with van der Waals surface area (Å²) >= 11 is 3.37. The molecule has 1 unspecified atom stereocenters. The van der Waals surface area contributed by atoms with Crippen molar-refractivity contribution < 1.29 is 4.42 Å². The highest BCUT2D eigenvalue weighted by Crippen LogP contribution is 2.29. The number of hydrogen-bond donors (Lipinski definition) is 1. The summed E-state index contributed by atoms with van der Waals surface area (Å²) in [6, 6.07) is 20.3. The fourth-order valence-electron chi connectivity index (χ4n) is 2.22. The molecule has 0 saturated heterocycles. The number of rotatable bonds is 3. The van der Waals surface area contributed by atoms with Gasteiger partial charge < -0.3 is 10.2 Å². The van der Waals surface area contributed by atoms with Crippen LogP contribution in [0.25, 0.3) is 11.1 Å². The number of nitrogens with two attached hydrogens (primary N) is 1. The van der Waals surface area contributed by atoms with Gasteiger partial charge in [0.25, 0.3) is 0 Å². The van der Waals surface area contributed by atoms with Crippen molar-refractivity contribution in [1.82, 2.24) is 0 Å². The zero-order valence-electron chi connectivity index (χ0n) is 10.8. The van der Waals surface area contributed by atoms with E-state index in [2.05, 4.69) is 52.3 Å². The van der Waals surface area contributed by atoms with Gasteiger partial charge in [-0.1, -0.05) is 54.6 Å². The van der Waals surface area contributed by atoms with Gasteiger partial charge in [-0.15, -0.1) is 0 Å². The second-order valence-electron chi connectivity index (χ2n) is 4.62. The molecule has 1 aromatic heterocycles. The molecule has 0 aliphatic rings. The molecule has 1 atom stereocenters. The molecular weight excluding hydrogens is 314 g/mol. The monoisotopic (exact) mass is 327 g/mol. The van der Waals surface area contributed by atoms with Crippen molar-refractivity contribution in [3.05, 3.63) is 82.7 Å². The van der Waals surface area contributed by atoms with Crippen molar-refractivity contribution >= 4 is 15.9 Å². The molecule has 0 aliphatic heterocycles. The van der Waals surface area contributed by atoms with E-state index in [1.54, 1.807) is 6.26 Å². The van der Waals surface area contributed by atoms with Gasteiger partial charge in [0.1, 0.15) is 0 Å². The highest BCUT2D eigenvalue weighted by Gasteiger charge is 2.14. The van der Waals surface area contributed by atoms with Crippen LogP contribution in [0.5, 0.6) is 0 Å². The van der Waals surface area contributed by atoms with Crippen LogP contribution in [0.1, 0.15) is 17.2 Å². The lowest BCUT2D eigenvalue weighted by atomic mass is 9.98. The maximum Gasteiger partial charge on any atom is 0.174 e. The van der Waals surface area contributed by atoms with Crippen molar-refractivity contribution in [1.29, 1.82) is 0 Å². The van der Waals surface area contributed by atoms with Crippen LogP contribution >= 0.6 is 15.9 Å². The SMILES string of the molecule is NC(c1ccc(-c2ccccc2)cc1)c1ccoc1Br. The minimum absolute atomic E-state index is 0.187. The molecule has 3 aromatic rings. The minimum atomic E-state index is -0.187. The van der Waals surface area contributed by atoms with Gasteiger partial charge in [-0.3, -0.25) is 0 Å². The maximum absolute atomic E-state index is 6.26. The Hall–Kier alpha value is -1.84. The molecule has 0 radical (unpaired) electrons. The van der Waals surface area contributed by atoms with E-state index in [1.807, 2.05) is 24.3 Å². The summed E-state index contributed by atoms with van der Waals surface area (Å²) in [7, 11) is 0. The zero-order chi connectivity index (χ0) is 13.9. The quantitative estimate of drug-likeness (QED) is 0.753. The molecule has 0 amide bonds. The first-order valence-electron chi connectivity index (χ1n) is 6.39. The molecule has 0 fully saturated rings. The molecule has 0 spiro atoms. The van der Waals surface area contributed by atoms with Crippen LogP contribution in [0.15, 0.2) is 76.0 Å². The Kier molecular flexibility index (Phi) is 3.72. The number of hydrogen-bond acceptors (Lipinski definition) is 2. The Balaban J connectivity index is 1.89. The van der Waals surface area contributed by atoms with Crippen LogP contribution in [0, 0.1) is 0 Å². The summed E-state index contributed by atoms with van der Waals surface area (Å²) < 4.78 is 5.93. The van der Waals surface area contributed by atoms with Gasteiger partial charge in [0, 0.05) is 5.56 Å². The fourth-order valence-corrected chi connectivity index (χ4v) is 2.71. The lowest BCUT2D eigenvalue weighted by Crippen LogP contribution is -2.11. The van der Waals surface area contributed by atoms with E-state index >= 15 is 0 Å². The van der Waals surface area contributed by atoms with E-state index in [9.17, 15) is 0 Å².